The fourth-order valence-electron chi connectivity index (χ4n) is 5.62. The number of carbonyl (C=O) groups excluding carboxylic acids is 1. The summed E-state index contributed by atoms with van der Waals surface area (Å²) in [4.78, 5) is 25.4. The van der Waals surface area contributed by atoms with E-state index in [9.17, 15) is 22.0 Å². The van der Waals surface area contributed by atoms with E-state index in [4.69, 9.17) is 14.1 Å². The van der Waals surface area contributed by atoms with E-state index >= 15 is 0 Å². The SMILES string of the molecule is CCS(=O)(=O)Nc1cc2oc(-c3ccc(F)cc3)c(C(=O)NC)c2cc1-c1ccc(OCc2ccccc2)c(-c2cc3c(F)cncc3[nH]2)n1. The Labute approximate surface area is 285 Å². The Morgan fingerprint density at radius 2 is 1.74 bits per heavy atom. The van der Waals surface area contributed by atoms with Crippen LogP contribution in [-0.4, -0.2) is 42.1 Å². The third-order valence-electron chi connectivity index (χ3n) is 8.16. The maximum absolute atomic E-state index is 14.7. The third kappa shape index (κ3) is 6.26. The van der Waals surface area contributed by atoms with Gasteiger partial charge in [0.05, 0.1) is 46.3 Å². The maximum atomic E-state index is 14.7. The van der Waals surface area contributed by atoms with Crippen molar-refractivity contribution in [1.82, 2.24) is 20.3 Å². The summed E-state index contributed by atoms with van der Waals surface area (Å²) in [6, 6.07) is 23.1. The number of aromatic amines is 1. The highest BCUT2D eigenvalue weighted by molar-refractivity contribution is 7.92. The first-order valence-corrected chi connectivity index (χ1v) is 17.2. The average molecular weight is 694 g/mol. The van der Waals surface area contributed by atoms with E-state index in [0.29, 0.717) is 50.2 Å². The summed E-state index contributed by atoms with van der Waals surface area (Å²) >= 11 is 0. The van der Waals surface area contributed by atoms with Gasteiger partial charge in [-0.05, 0) is 61.0 Å². The molecule has 3 aromatic carbocycles. The number of rotatable bonds is 10. The molecule has 1 amide bonds. The van der Waals surface area contributed by atoms with Crippen LogP contribution in [0.3, 0.4) is 0 Å². The number of nitrogens with zero attached hydrogens (tertiary/aromatic N) is 2. The number of benzene rings is 3. The zero-order valence-corrected chi connectivity index (χ0v) is 27.6. The van der Waals surface area contributed by atoms with Crippen molar-refractivity contribution in [2.45, 2.75) is 13.5 Å². The first kappa shape index (κ1) is 32.5. The van der Waals surface area contributed by atoms with Gasteiger partial charge in [0.15, 0.2) is 5.82 Å². The van der Waals surface area contributed by atoms with Gasteiger partial charge >= 0.3 is 0 Å². The van der Waals surface area contributed by atoms with Crippen LogP contribution in [0.2, 0.25) is 0 Å². The molecule has 0 bridgehead atoms. The Hall–Kier alpha value is -6.08. The summed E-state index contributed by atoms with van der Waals surface area (Å²) < 4.78 is 69.4. The Bertz CT molecular complexity index is 2500. The van der Waals surface area contributed by atoms with Gasteiger partial charge in [-0.2, -0.15) is 0 Å². The number of sulfonamides is 1. The van der Waals surface area contributed by atoms with Crippen LogP contribution in [0.25, 0.3) is 55.8 Å². The summed E-state index contributed by atoms with van der Waals surface area (Å²) in [5.74, 6) is -1.12. The molecule has 0 aliphatic heterocycles. The second kappa shape index (κ2) is 13.1. The number of carbonyl (C=O) groups is 1. The number of aromatic nitrogens is 3. The minimum absolute atomic E-state index is 0.144. The van der Waals surface area contributed by atoms with E-state index in [1.165, 1.54) is 50.5 Å². The Morgan fingerprint density at radius 1 is 0.960 bits per heavy atom. The molecule has 0 aliphatic rings. The molecule has 0 unspecified atom stereocenters. The number of ether oxygens (including phenoxy) is 1. The van der Waals surface area contributed by atoms with E-state index in [-0.39, 0.29) is 35.0 Å². The quantitative estimate of drug-likeness (QED) is 0.134. The van der Waals surface area contributed by atoms with Gasteiger partial charge in [-0.25, -0.2) is 22.2 Å². The minimum atomic E-state index is -3.80. The Balaban J connectivity index is 1.45. The molecule has 0 fully saturated rings. The van der Waals surface area contributed by atoms with Gasteiger partial charge in [-0.3, -0.25) is 14.5 Å². The highest BCUT2D eigenvalue weighted by Crippen LogP contribution is 2.41. The van der Waals surface area contributed by atoms with Crippen LogP contribution in [-0.2, 0) is 16.6 Å². The zero-order chi connectivity index (χ0) is 35.0. The lowest BCUT2D eigenvalue weighted by Crippen LogP contribution is -2.18. The second-order valence-corrected chi connectivity index (χ2v) is 13.4. The summed E-state index contributed by atoms with van der Waals surface area (Å²) in [6.07, 6.45) is 2.62. The third-order valence-corrected chi connectivity index (χ3v) is 9.45. The molecule has 0 spiro atoms. The number of nitrogens with one attached hydrogen (secondary N) is 3. The number of halogens is 2. The molecular formula is C37H29F2N5O5S. The molecule has 3 N–H and O–H groups in total. The predicted molar refractivity (Wildman–Crippen MR) is 187 cm³/mol. The van der Waals surface area contributed by atoms with Crippen molar-refractivity contribution in [3.63, 3.8) is 0 Å². The van der Waals surface area contributed by atoms with E-state index < -0.39 is 27.6 Å². The van der Waals surface area contributed by atoms with E-state index in [0.717, 1.165) is 11.8 Å². The highest BCUT2D eigenvalue weighted by atomic mass is 32.2. The molecule has 4 aromatic heterocycles. The molecule has 0 saturated heterocycles. The van der Waals surface area contributed by atoms with Gasteiger partial charge in [0.1, 0.15) is 35.2 Å². The number of pyridine rings is 2. The lowest BCUT2D eigenvalue weighted by Gasteiger charge is -2.15. The van der Waals surface area contributed by atoms with Gasteiger partial charge < -0.3 is 19.5 Å². The van der Waals surface area contributed by atoms with Crippen molar-refractivity contribution < 1.29 is 31.1 Å². The van der Waals surface area contributed by atoms with Gasteiger partial charge in [-0.1, -0.05) is 30.3 Å². The fraction of sp³-hybridized carbons (Fsp3) is 0.108. The van der Waals surface area contributed by atoms with Crippen molar-refractivity contribution in [3.05, 3.63) is 120 Å². The van der Waals surface area contributed by atoms with Gasteiger partial charge in [0, 0.05) is 35.0 Å². The number of hydrogen-bond acceptors (Lipinski definition) is 7. The molecule has 252 valence electrons. The number of anilines is 1. The van der Waals surface area contributed by atoms with Crippen LogP contribution in [0.1, 0.15) is 22.8 Å². The molecule has 10 nitrogen and oxygen atoms in total. The summed E-state index contributed by atoms with van der Waals surface area (Å²) in [5, 5.41) is 3.30. The van der Waals surface area contributed by atoms with Gasteiger partial charge in [-0.15, -0.1) is 0 Å². The lowest BCUT2D eigenvalue weighted by molar-refractivity contribution is 0.0964. The molecule has 7 rings (SSSR count). The molecule has 0 aliphatic carbocycles. The molecule has 0 saturated carbocycles. The normalized spacial score (nSPS) is 11.6. The lowest BCUT2D eigenvalue weighted by atomic mass is 10.0. The second-order valence-electron chi connectivity index (χ2n) is 11.4. The Kier molecular flexibility index (Phi) is 8.50. The summed E-state index contributed by atoms with van der Waals surface area (Å²) in [6.45, 7) is 1.72. The number of fused-ring (bicyclic) bond motifs is 2. The van der Waals surface area contributed by atoms with Crippen LogP contribution in [0.5, 0.6) is 5.75 Å². The molecular weight excluding hydrogens is 665 g/mol. The zero-order valence-electron chi connectivity index (χ0n) is 26.8. The molecule has 0 atom stereocenters. The fourth-order valence-corrected chi connectivity index (χ4v) is 6.27. The largest absolute Gasteiger partial charge is 0.487 e. The standard InChI is InChI=1S/C37H29F2N5O5S/c1-3-50(46,47)44-29-17-33-26(34(37(45)40-2)36(49-33)22-9-11-23(38)12-10-22)15-25(29)28-13-14-32(48-20-21-7-5-4-6-8-21)35(43-28)30-16-24-27(39)18-41-19-31(24)42-30/h4-19,42,44H,3,20H2,1-2H3,(H,40,45). The van der Waals surface area contributed by atoms with Crippen molar-refractivity contribution in [2.75, 3.05) is 17.5 Å². The number of H-pyrrole nitrogens is 1. The molecule has 7 aromatic rings. The first-order chi connectivity index (χ1) is 24.1. The minimum Gasteiger partial charge on any atom is -0.487 e. The van der Waals surface area contributed by atoms with Crippen molar-refractivity contribution in [2.24, 2.45) is 0 Å². The average Bonchev–Trinajstić information content (AvgIpc) is 3.73. The topological polar surface area (TPSA) is 139 Å². The molecule has 0 radical (unpaired) electrons. The van der Waals surface area contributed by atoms with Crippen LogP contribution >= 0.6 is 0 Å². The Morgan fingerprint density at radius 3 is 2.46 bits per heavy atom. The molecule has 50 heavy (non-hydrogen) atoms. The van der Waals surface area contributed by atoms with E-state index in [2.05, 4.69) is 20.0 Å². The maximum Gasteiger partial charge on any atom is 0.255 e. The van der Waals surface area contributed by atoms with Crippen LogP contribution in [0, 0.1) is 11.6 Å². The van der Waals surface area contributed by atoms with Crippen LogP contribution in [0.15, 0.2) is 102 Å². The van der Waals surface area contributed by atoms with Crippen LogP contribution in [0.4, 0.5) is 14.5 Å². The van der Waals surface area contributed by atoms with Crippen LogP contribution < -0.4 is 14.8 Å². The van der Waals surface area contributed by atoms with Crippen molar-refractivity contribution >= 4 is 43.5 Å². The summed E-state index contributed by atoms with van der Waals surface area (Å²) in [7, 11) is -2.33. The van der Waals surface area contributed by atoms with Gasteiger partial charge in [0.2, 0.25) is 10.0 Å². The van der Waals surface area contributed by atoms with Crippen molar-refractivity contribution in [1.29, 1.82) is 0 Å². The number of amides is 1. The molecule has 13 heteroatoms. The monoisotopic (exact) mass is 693 g/mol. The highest BCUT2D eigenvalue weighted by Gasteiger charge is 2.25. The number of furan rings is 1. The van der Waals surface area contributed by atoms with E-state index in [1.54, 1.807) is 24.3 Å². The van der Waals surface area contributed by atoms with Crippen molar-refractivity contribution in [3.8, 4) is 39.7 Å². The van der Waals surface area contributed by atoms with E-state index in [1.807, 2.05) is 30.3 Å². The predicted octanol–water partition coefficient (Wildman–Crippen LogP) is 7.68. The number of hydrogen-bond donors (Lipinski definition) is 3. The first-order valence-electron chi connectivity index (χ1n) is 15.5. The summed E-state index contributed by atoms with van der Waals surface area (Å²) in [5.41, 5.74) is 3.72. The van der Waals surface area contributed by atoms with Gasteiger partial charge in [0.25, 0.3) is 5.91 Å². The molecule has 4 heterocycles. The smallest absolute Gasteiger partial charge is 0.255 e.